The Bertz CT molecular complexity index is 548. The number of ether oxygens (including phenoxy) is 1. The molecule has 2 N–H and O–H groups in total. The molecule has 0 aliphatic heterocycles. The van der Waals surface area contributed by atoms with Crippen molar-refractivity contribution < 1.29 is 19.4 Å². The first-order valence-corrected chi connectivity index (χ1v) is 8.23. The first-order valence-electron chi connectivity index (χ1n) is 8.23. The summed E-state index contributed by atoms with van der Waals surface area (Å²) in [5.41, 5.74) is 0.679. The van der Waals surface area contributed by atoms with Gasteiger partial charge in [-0.2, -0.15) is 0 Å². The summed E-state index contributed by atoms with van der Waals surface area (Å²) in [4.78, 5) is 23.4. The number of carbonyl (C=O) groups is 2. The molecule has 1 saturated carbocycles. The number of hydrogen-bond donors (Lipinski definition) is 2. The third kappa shape index (κ3) is 4.98. The predicted molar refractivity (Wildman–Crippen MR) is 88.5 cm³/mol. The van der Waals surface area contributed by atoms with Crippen molar-refractivity contribution in [2.24, 2.45) is 17.8 Å². The largest absolute Gasteiger partial charge is 0.491 e. The summed E-state index contributed by atoms with van der Waals surface area (Å²) in [6, 6.07) is 7.42. The van der Waals surface area contributed by atoms with Crippen LogP contribution in [-0.4, -0.2) is 23.6 Å². The van der Waals surface area contributed by atoms with Crippen molar-refractivity contribution in [2.45, 2.75) is 39.5 Å². The van der Waals surface area contributed by atoms with Gasteiger partial charge in [-0.15, -0.1) is 0 Å². The van der Waals surface area contributed by atoms with E-state index in [0.29, 0.717) is 49.6 Å². The molecule has 0 unspecified atom stereocenters. The summed E-state index contributed by atoms with van der Waals surface area (Å²) in [7, 11) is 0. The average Bonchev–Trinajstić information content (AvgIpc) is 2.54. The Kier molecular flexibility index (Phi) is 6.02. The summed E-state index contributed by atoms with van der Waals surface area (Å²) < 4.78 is 5.74. The zero-order valence-corrected chi connectivity index (χ0v) is 13.7. The average molecular weight is 319 g/mol. The van der Waals surface area contributed by atoms with E-state index in [1.165, 1.54) is 0 Å². The number of anilines is 1. The van der Waals surface area contributed by atoms with Crippen LogP contribution in [0, 0.1) is 17.8 Å². The Morgan fingerprint density at radius 3 is 2.39 bits per heavy atom. The molecule has 0 spiro atoms. The summed E-state index contributed by atoms with van der Waals surface area (Å²) in [6.07, 6.45) is 2.38. The highest BCUT2D eigenvalue weighted by atomic mass is 16.5. The minimum atomic E-state index is -0.753. The number of benzene rings is 1. The van der Waals surface area contributed by atoms with Gasteiger partial charge < -0.3 is 15.2 Å². The van der Waals surface area contributed by atoms with Crippen molar-refractivity contribution in [1.82, 2.24) is 0 Å². The molecule has 1 aliphatic carbocycles. The summed E-state index contributed by atoms with van der Waals surface area (Å²) in [6.45, 7) is 4.74. The lowest BCUT2D eigenvalue weighted by Gasteiger charge is -2.25. The van der Waals surface area contributed by atoms with Crippen molar-refractivity contribution in [1.29, 1.82) is 0 Å². The quantitative estimate of drug-likeness (QED) is 0.841. The van der Waals surface area contributed by atoms with Gasteiger partial charge in [0.25, 0.3) is 0 Å². The van der Waals surface area contributed by atoms with Crippen LogP contribution in [0.5, 0.6) is 5.75 Å². The Balaban J connectivity index is 1.94. The maximum atomic E-state index is 12.4. The highest BCUT2D eigenvalue weighted by molar-refractivity contribution is 5.94. The van der Waals surface area contributed by atoms with Gasteiger partial charge in [0.15, 0.2) is 0 Å². The summed E-state index contributed by atoms with van der Waals surface area (Å²) in [5, 5.41) is 12.0. The van der Waals surface area contributed by atoms with Crippen LogP contribution in [0.25, 0.3) is 0 Å². The second kappa shape index (κ2) is 7.99. The number of rotatable bonds is 6. The molecule has 1 fully saturated rings. The van der Waals surface area contributed by atoms with E-state index in [2.05, 4.69) is 19.2 Å². The van der Waals surface area contributed by atoms with E-state index in [1.54, 1.807) is 0 Å². The van der Waals surface area contributed by atoms with Gasteiger partial charge in [0.1, 0.15) is 5.75 Å². The monoisotopic (exact) mass is 319 g/mol. The molecule has 0 heterocycles. The number of amides is 1. The molecule has 1 aliphatic rings. The molecule has 23 heavy (non-hydrogen) atoms. The predicted octanol–water partition coefficient (Wildman–Crippen LogP) is 3.55. The Morgan fingerprint density at radius 1 is 1.17 bits per heavy atom. The van der Waals surface area contributed by atoms with Crippen LogP contribution in [-0.2, 0) is 9.59 Å². The second-order valence-electron chi connectivity index (χ2n) is 6.58. The Morgan fingerprint density at radius 2 is 1.78 bits per heavy atom. The normalized spacial score (nSPS) is 21.0. The molecule has 5 nitrogen and oxygen atoms in total. The number of hydrogen-bond acceptors (Lipinski definition) is 3. The zero-order valence-electron chi connectivity index (χ0n) is 13.7. The number of aliphatic carboxylic acids is 1. The van der Waals surface area contributed by atoms with Crippen LogP contribution in [0.1, 0.15) is 39.5 Å². The minimum Gasteiger partial charge on any atom is -0.491 e. The van der Waals surface area contributed by atoms with Gasteiger partial charge in [-0.25, -0.2) is 0 Å². The van der Waals surface area contributed by atoms with Gasteiger partial charge in [-0.1, -0.05) is 26.0 Å². The van der Waals surface area contributed by atoms with Crippen molar-refractivity contribution >= 4 is 17.6 Å². The smallest absolute Gasteiger partial charge is 0.306 e. The molecular weight excluding hydrogens is 294 g/mol. The lowest BCUT2D eigenvalue weighted by atomic mass is 9.81. The number of para-hydroxylation sites is 2. The van der Waals surface area contributed by atoms with Crippen LogP contribution in [0.15, 0.2) is 24.3 Å². The van der Waals surface area contributed by atoms with Gasteiger partial charge in [-0.3, -0.25) is 9.59 Å². The highest BCUT2D eigenvalue weighted by Crippen LogP contribution is 2.31. The number of carbonyl (C=O) groups excluding carboxylic acids is 1. The van der Waals surface area contributed by atoms with Crippen molar-refractivity contribution in [3.05, 3.63) is 24.3 Å². The Hall–Kier alpha value is -2.04. The van der Waals surface area contributed by atoms with E-state index >= 15 is 0 Å². The first-order chi connectivity index (χ1) is 11.0. The van der Waals surface area contributed by atoms with E-state index < -0.39 is 5.97 Å². The highest BCUT2D eigenvalue weighted by Gasteiger charge is 2.30. The molecule has 1 aromatic carbocycles. The van der Waals surface area contributed by atoms with Gasteiger partial charge in [0, 0.05) is 5.92 Å². The third-order valence-corrected chi connectivity index (χ3v) is 4.16. The maximum absolute atomic E-state index is 12.4. The third-order valence-electron chi connectivity index (χ3n) is 4.16. The molecular formula is C18H25NO4. The van der Waals surface area contributed by atoms with Crippen molar-refractivity contribution in [3.8, 4) is 5.75 Å². The van der Waals surface area contributed by atoms with Crippen LogP contribution >= 0.6 is 0 Å². The van der Waals surface area contributed by atoms with Crippen LogP contribution in [0.4, 0.5) is 5.69 Å². The minimum absolute atomic E-state index is 0.0468. The first kappa shape index (κ1) is 17.3. The lowest BCUT2D eigenvalue weighted by Crippen LogP contribution is -2.29. The van der Waals surface area contributed by atoms with E-state index in [0.717, 1.165) is 0 Å². The molecule has 1 amide bonds. The zero-order chi connectivity index (χ0) is 16.8. The molecule has 5 heteroatoms. The summed E-state index contributed by atoms with van der Waals surface area (Å²) in [5.74, 6) is -0.144. The van der Waals surface area contributed by atoms with Gasteiger partial charge >= 0.3 is 5.97 Å². The van der Waals surface area contributed by atoms with Crippen LogP contribution < -0.4 is 10.1 Å². The number of carboxylic acid groups (broad SMARTS) is 1. The molecule has 0 saturated heterocycles. The van der Waals surface area contributed by atoms with Crippen LogP contribution in [0.2, 0.25) is 0 Å². The van der Waals surface area contributed by atoms with E-state index in [-0.39, 0.29) is 17.7 Å². The van der Waals surface area contributed by atoms with E-state index in [4.69, 9.17) is 9.84 Å². The molecule has 0 aromatic heterocycles. The van der Waals surface area contributed by atoms with Gasteiger partial charge in [-0.05, 0) is 43.7 Å². The fourth-order valence-electron chi connectivity index (χ4n) is 2.79. The fraction of sp³-hybridized carbons (Fsp3) is 0.556. The van der Waals surface area contributed by atoms with Crippen LogP contribution in [0.3, 0.4) is 0 Å². The molecule has 1 aromatic rings. The molecule has 0 bridgehead atoms. The van der Waals surface area contributed by atoms with Crippen molar-refractivity contribution in [2.75, 3.05) is 11.9 Å². The molecule has 2 rings (SSSR count). The fourth-order valence-corrected chi connectivity index (χ4v) is 2.79. The summed E-state index contributed by atoms with van der Waals surface area (Å²) >= 11 is 0. The topological polar surface area (TPSA) is 75.6 Å². The second-order valence-corrected chi connectivity index (χ2v) is 6.58. The van der Waals surface area contributed by atoms with Crippen molar-refractivity contribution in [3.63, 3.8) is 0 Å². The molecule has 126 valence electrons. The lowest BCUT2D eigenvalue weighted by molar-refractivity contribution is -0.143. The number of nitrogens with one attached hydrogen (secondary N) is 1. The van der Waals surface area contributed by atoms with E-state index in [1.807, 2.05) is 24.3 Å². The van der Waals surface area contributed by atoms with Gasteiger partial charge in [0.2, 0.25) is 5.91 Å². The Labute approximate surface area is 137 Å². The molecule has 0 radical (unpaired) electrons. The standard InChI is InChI=1S/C18H25NO4/c1-12(2)11-23-16-6-4-3-5-15(16)19-17(20)13-7-9-14(10-8-13)18(21)22/h3-6,12-14H,7-11H2,1-2H3,(H,19,20)(H,21,22). The SMILES string of the molecule is CC(C)COc1ccccc1NC(=O)C1CCC(C(=O)O)CC1. The van der Waals surface area contributed by atoms with E-state index in [9.17, 15) is 9.59 Å². The van der Waals surface area contributed by atoms with Gasteiger partial charge in [0.05, 0.1) is 18.2 Å². The maximum Gasteiger partial charge on any atom is 0.306 e. The molecule has 0 atom stereocenters. The number of carboxylic acids is 1.